The van der Waals surface area contributed by atoms with Gasteiger partial charge in [0.25, 0.3) is 5.91 Å². The van der Waals surface area contributed by atoms with Crippen molar-refractivity contribution < 1.29 is 22.4 Å². The van der Waals surface area contributed by atoms with Crippen molar-refractivity contribution in [3.8, 4) is 0 Å². The monoisotopic (exact) mass is 439 g/mol. The highest BCUT2D eigenvalue weighted by Gasteiger charge is 2.36. The predicted molar refractivity (Wildman–Crippen MR) is 98.2 cm³/mol. The van der Waals surface area contributed by atoms with Gasteiger partial charge in [0.15, 0.2) is 0 Å². The van der Waals surface area contributed by atoms with E-state index < -0.39 is 28.5 Å². The van der Waals surface area contributed by atoms with E-state index in [0.717, 1.165) is 17.8 Å². The number of alkyl halides is 3. The Balaban J connectivity index is 1.54. The van der Waals surface area contributed by atoms with E-state index in [1.54, 1.807) is 4.68 Å². The fraction of sp³-hybridized carbons (Fsp3) is 0.263. The van der Waals surface area contributed by atoms with Gasteiger partial charge in [-0.1, -0.05) is 22.9 Å². The second kappa shape index (κ2) is 7.67. The molecule has 2 aromatic heterocycles. The molecule has 0 saturated heterocycles. The van der Waals surface area contributed by atoms with Crippen LogP contribution in [0.5, 0.6) is 0 Å². The average molecular weight is 440 g/mol. The molecule has 3 aromatic rings. The summed E-state index contributed by atoms with van der Waals surface area (Å²) in [6.45, 7) is 0.549. The zero-order valence-corrected chi connectivity index (χ0v) is 16.1. The van der Waals surface area contributed by atoms with E-state index in [2.05, 4.69) is 15.3 Å². The van der Waals surface area contributed by atoms with E-state index in [1.165, 1.54) is 29.3 Å². The lowest BCUT2D eigenvalue weighted by atomic mass is 10.1. The molecule has 1 amide bonds. The van der Waals surface area contributed by atoms with Gasteiger partial charge in [-0.15, -0.1) is 5.10 Å². The lowest BCUT2D eigenvalue weighted by Crippen LogP contribution is -2.37. The molecule has 3 heterocycles. The van der Waals surface area contributed by atoms with Crippen LogP contribution >= 0.6 is 11.6 Å². The molecule has 1 aliphatic rings. The van der Waals surface area contributed by atoms with Crippen LogP contribution in [0.4, 0.5) is 17.6 Å². The summed E-state index contributed by atoms with van der Waals surface area (Å²) in [7, 11) is 0. The molecule has 0 fully saturated rings. The molecule has 4 rings (SSSR count). The van der Waals surface area contributed by atoms with Gasteiger partial charge in [0.2, 0.25) is 0 Å². The number of hydrogen-bond acceptors (Lipinski definition) is 4. The number of amides is 1. The summed E-state index contributed by atoms with van der Waals surface area (Å²) in [4.78, 5) is 18.3. The first-order valence-electron chi connectivity index (χ1n) is 8.90. The summed E-state index contributed by atoms with van der Waals surface area (Å²) in [6.07, 6.45) is -2.91. The Morgan fingerprint density at radius 1 is 1.23 bits per heavy atom. The number of pyridine rings is 1. The Morgan fingerprint density at radius 2 is 2.03 bits per heavy atom. The van der Waals surface area contributed by atoms with E-state index in [0.29, 0.717) is 17.8 Å². The van der Waals surface area contributed by atoms with E-state index in [9.17, 15) is 22.4 Å². The fourth-order valence-corrected chi connectivity index (χ4v) is 3.66. The Morgan fingerprint density at radius 3 is 2.77 bits per heavy atom. The van der Waals surface area contributed by atoms with Gasteiger partial charge in [0.05, 0.1) is 40.6 Å². The number of aromatic nitrogens is 4. The molecule has 0 aliphatic carbocycles. The zero-order chi connectivity index (χ0) is 21.5. The standard InChI is InChI=1S/C19H14ClF4N5O/c20-17-13(2-1-3-14(17)19(22,23)24)18(30)28-7-5-16-15(10-28)26-27-29(16)9-12-8-11(21)4-6-25-12/h1-4,6,8H,5,7,9-10H2. The Hall–Kier alpha value is -3.01. The summed E-state index contributed by atoms with van der Waals surface area (Å²) in [6, 6.07) is 5.78. The quantitative estimate of drug-likeness (QED) is 0.583. The van der Waals surface area contributed by atoms with Crippen LogP contribution in [-0.2, 0) is 25.7 Å². The third-order valence-corrected chi connectivity index (χ3v) is 5.20. The highest BCUT2D eigenvalue weighted by molar-refractivity contribution is 6.34. The van der Waals surface area contributed by atoms with Gasteiger partial charge in [-0.25, -0.2) is 9.07 Å². The van der Waals surface area contributed by atoms with Gasteiger partial charge in [0, 0.05) is 19.2 Å². The van der Waals surface area contributed by atoms with Gasteiger partial charge in [0.1, 0.15) is 11.5 Å². The lowest BCUT2D eigenvalue weighted by Gasteiger charge is -2.27. The molecule has 0 saturated carbocycles. The highest BCUT2D eigenvalue weighted by atomic mass is 35.5. The van der Waals surface area contributed by atoms with Crippen molar-refractivity contribution in [3.63, 3.8) is 0 Å². The van der Waals surface area contributed by atoms with Crippen molar-refractivity contribution in [3.05, 3.63) is 75.6 Å². The highest BCUT2D eigenvalue weighted by Crippen LogP contribution is 2.36. The van der Waals surface area contributed by atoms with Crippen LogP contribution < -0.4 is 0 Å². The van der Waals surface area contributed by atoms with E-state index in [-0.39, 0.29) is 25.2 Å². The van der Waals surface area contributed by atoms with Crippen LogP contribution in [0.2, 0.25) is 5.02 Å². The van der Waals surface area contributed by atoms with Gasteiger partial charge in [-0.3, -0.25) is 9.78 Å². The van der Waals surface area contributed by atoms with Crippen LogP contribution in [0.1, 0.15) is 33.0 Å². The summed E-state index contributed by atoms with van der Waals surface area (Å²) in [5.74, 6) is -1.03. The summed E-state index contributed by atoms with van der Waals surface area (Å²) < 4.78 is 54.2. The molecular weight excluding hydrogens is 426 g/mol. The molecule has 0 spiro atoms. The molecule has 0 N–H and O–H groups in total. The predicted octanol–water partition coefficient (Wildman–Crippen LogP) is 3.73. The molecule has 156 valence electrons. The number of fused-ring (bicyclic) bond motifs is 1. The second-order valence-electron chi connectivity index (χ2n) is 6.75. The maximum Gasteiger partial charge on any atom is 0.417 e. The van der Waals surface area contributed by atoms with Crippen molar-refractivity contribution in [1.82, 2.24) is 24.9 Å². The van der Waals surface area contributed by atoms with Crippen molar-refractivity contribution in [2.75, 3.05) is 6.54 Å². The van der Waals surface area contributed by atoms with Gasteiger partial charge >= 0.3 is 6.18 Å². The van der Waals surface area contributed by atoms with Crippen LogP contribution in [-0.4, -0.2) is 37.3 Å². The molecule has 0 radical (unpaired) electrons. The third kappa shape index (κ3) is 3.87. The first kappa shape index (κ1) is 20.3. The lowest BCUT2D eigenvalue weighted by molar-refractivity contribution is -0.137. The normalized spacial score (nSPS) is 14.0. The SMILES string of the molecule is O=C(c1cccc(C(F)(F)F)c1Cl)N1CCc2c(nnn2Cc2cc(F)ccn2)C1. The molecule has 11 heteroatoms. The minimum absolute atomic E-state index is 0.0807. The average Bonchev–Trinajstić information content (AvgIpc) is 3.09. The van der Waals surface area contributed by atoms with Crippen molar-refractivity contribution in [1.29, 1.82) is 0 Å². The summed E-state index contributed by atoms with van der Waals surface area (Å²) in [5.41, 5.74) is 0.485. The number of carbonyl (C=O) groups is 1. The molecule has 6 nitrogen and oxygen atoms in total. The number of halogens is 5. The van der Waals surface area contributed by atoms with E-state index in [1.807, 2.05) is 0 Å². The zero-order valence-electron chi connectivity index (χ0n) is 15.3. The molecule has 30 heavy (non-hydrogen) atoms. The first-order chi connectivity index (χ1) is 14.2. The number of benzene rings is 1. The van der Waals surface area contributed by atoms with E-state index in [4.69, 9.17) is 11.6 Å². The smallest absolute Gasteiger partial charge is 0.332 e. The molecule has 0 bridgehead atoms. The van der Waals surface area contributed by atoms with Crippen LogP contribution in [0.3, 0.4) is 0 Å². The van der Waals surface area contributed by atoms with Gasteiger partial charge in [-0.2, -0.15) is 13.2 Å². The third-order valence-electron chi connectivity index (χ3n) is 4.79. The maximum atomic E-state index is 13.4. The van der Waals surface area contributed by atoms with Crippen molar-refractivity contribution in [2.24, 2.45) is 0 Å². The molecule has 1 aromatic carbocycles. The second-order valence-corrected chi connectivity index (χ2v) is 7.13. The number of nitrogens with zero attached hydrogens (tertiary/aromatic N) is 5. The summed E-state index contributed by atoms with van der Waals surface area (Å²) >= 11 is 5.88. The topological polar surface area (TPSA) is 63.9 Å². The first-order valence-corrected chi connectivity index (χ1v) is 9.28. The maximum absolute atomic E-state index is 13.4. The van der Waals surface area contributed by atoms with Crippen LogP contribution in [0.15, 0.2) is 36.5 Å². The number of carbonyl (C=O) groups excluding carboxylic acids is 1. The van der Waals surface area contributed by atoms with Gasteiger partial charge < -0.3 is 4.90 Å². The van der Waals surface area contributed by atoms with Crippen molar-refractivity contribution >= 4 is 17.5 Å². The molecule has 0 atom stereocenters. The number of hydrogen-bond donors (Lipinski definition) is 0. The summed E-state index contributed by atoms with van der Waals surface area (Å²) in [5, 5.41) is 7.49. The fourth-order valence-electron chi connectivity index (χ4n) is 3.34. The van der Waals surface area contributed by atoms with Crippen LogP contribution in [0.25, 0.3) is 0 Å². The molecular formula is C19H14ClF4N5O. The molecule has 0 unspecified atom stereocenters. The Labute approximate surface area is 173 Å². The number of rotatable bonds is 3. The van der Waals surface area contributed by atoms with Gasteiger partial charge in [-0.05, 0) is 24.3 Å². The van der Waals surface area contributed by atoms with Crippen molar-refractivity contribution in [2.45, 2.75) is 25.7 Å². The van der Waals surface area contributed by atoms with Crippen LogP contribution in [0, 0.1) is 5.82 Å². The van der Waals surface area contributed by atoms with E-state index >= 15 is 0 Å². The minimum Gasteiger partial charge on any atom is -0.332 e. The molecule has 1 aliphatic heterocycles. The Bertz CT molecular complexity index is 1110. The minimum atomic E-state index is -4.66. The Kier molecular flexibility index (Phi) is 5.19. The largest absolute Gasteiger partial charge is 0.417 e.